The molecule has 2 aliphatic rings. The van der Waals surface area contributed by atoms with E-state index in [0.717, 1.165) is 38.6 Å². The van der Waals surface area contributed by atoms with Crippen LogP contribution in [0.3, 0.4) is 0 Å². The van der Waals surface area contributed by atoms with Crippen LogP contribution in [0, 0.1) is 5.92 Å². The van der Waals surface area contributed by atoms with Crippen LogP contribution in [0.25, 0.3) is 0 Å². The summed E-state index contributed by atoms with van der Waals surface area (Å²) in [5, 5.41) is 24.4. The zero-order chi connectivity index (χ0) is 23.5. The quantitative estimate of drug-likeness (QED) is 0.547. The van der Waals surface area contributed by atoms with E-state index in [0.29, 0.717) is 38.8 Å². The van der Waals surface area contributed by atoms with Gasteiger partial charge in [0, 0.05) is 46.3 Å². The third-order valence-electron chi connectivity index (χ3n) is 6.21. The van der Waals surface area contributed by atoms with E-state index in [2.05, 4.69) is 19.2 Å². The van der Waals surface area contributed by atoms with Crippen LogP contribution in [0.15, 0.2) is 0 Å². The van der Waals surface area contributed by atoms with Gasteiger partial charge in [-0.25, -0.2) is 0 Å². The second-order valence-corrected chi connectivity index (χ2v) is 9.37. The number of aliphatic hydroxyl groups is 2. The van der Waals surface area contributed by atoms with Gasteiger partial charge in [0.05, 0.1) is 12.6 Å². The Hall–Kier alpha value is -1.26. The first-order valence-electron chi connectivity index (χ1n) is 12.1. The number of carbonyl (C=O) groups is 2. The normalized spacial score (nSPS) is 29.2. The SMILES string of the molecule is CC(=O)N1CCN(C(=O)[C@@H]2CCCN2)CCCCOC[C@@H](O)[C@@H](O)[C@H](OCCC(C)C)C1. The molecule has 9 heteroatoms. The molecule has 0 aromatic rings. The molecule has 0 aromatic carbocycles. The van der Waals surface area contributed by atoms with E-state index < -0.39 is 18.3 Å². The topological polar surface area (TPSA) is 112 Å². The molecule has 3 N–H and O–H groups in total. The smallest absolute Gasteiger partial charge is 0.239 e. The van der Waals surface area contributed by atoms with Crippen molar-refractivity contribution in [3.8, 4) is 0 Å². The van der Waals surface area contributed by atoms with Crippen molar-refractivity contribution in [3.05, 3.63) is 0 Å². The zero-order valence-corrected chi connectivity index (χ0v) is 20.0. The summed E-state index contributed by atoms with van der Waals surface area (Å²) in [6.45, 7) is 8.92. The van der Waals surface area contributed by atoms with Crippen LogP contribution in [0.2, 0.25) is 0 Å². The van der Waals surface area contributed by atoms with Crippen molar-refractivity contribution in [2.45, 2.75) is 77.2 Å². The van der Waals surface area contributed by atoms with E-state index in [1.165, 1.54) is 6.92 Å². The second kappa shape index (κ2) is 14.1. The summed E-state index contributed by atoms with van der Waals surface area (Å²) < 4.78 is 11.5. The monoisotopic (exact) mass is 457 g/mol. The molecule has 2 fully saturated rings. The van der Waals surface area contributed by atoms with Crippen molar-refractivity contribution in [2.75, 3.05) is 52.5 Å². The highest BCUT2D eigenvalue weighted by Gasteiger charge is 2.31. The van der Waals surface area contributed by atoms with Crippen LogP contribution in [0.5, 0.6) is 0 Å². The minimum atomic E-state index is -1.17. The summed E-state index contributed by atoms with van der Waals surface area (Å²) in [5.41, 5.74) is 0. The van der Waals surface area contributed by atoms with Gasteiger partial charge in [0.15, 0.2) is 0 Å². The first-order chi connectivity index (χ1) is 15.3. The molecule has 0 spiro atoms. The van der Waals surface area contributed by atoms with Crippen LogP contribution in [0.1, 0.15) is 52.9 Å². The van der Waals surface area contributed by atoms with Gasteiger partial charge in [-0.2, -0.15) is 0 Å². The van der Waals surface area contributed by atoms with Gasteiger partial charge in [-0.15, -0.1) is 0 Å². The lowest BCUT2D eigenvalue weighted by molar-refractivity contribution is -0.142. The molecule has 186 valence electrons. The molecule has 4 atom stereocenters. The van der Waals surface area contributed by atoms with Crippen molar-refractivity contribution < 1.29 is 29.3 Å². The summed E-state index contributed by atoms with van der Waals surface area (Å²) in [6.07, 6.45) is 1.16. The predicted octanol–water partition coefficient (Wildman–Crippen LogP) is 0.379. The molecule has 2 amide bonds. The Morgan fingerprint density at radius 1 is 1.12 bits per heavy atom. The van der Waals surface area contributed by atoms with E-state index in [-0.39, 0.29) is 31.0 Å². The molecule has 32 heavy (non-hydrogen) atoms. The number of hydrogen-bond acceptors (Lipinski definition) is 7. The maximum Gasteiger partial charge on any atom is 0.239 e. The lowest BCUT2D eigenvalue weighted by atomic mass is 10.1. The number of aliphatic hydroxyl groups excluding tert-OH is 2. The Morgan fingerprint density at radius 3 is 2.53 bits per heavy atom. The third-order valence-corrected chi connectivity index (χ3v) is 6.21. The van der Waals surface area contributed by atoms with Crippen molar-refractivity contribution in [1.82, 2.24) is 15.1 Å². The Kier molecular flexibility index (Phi) is 11.9. The molecule has 0 aromatic heterocycles. The summed E-state index contributed by atoms with van der Waals surface area (Å²) in [5.74, 6) is 0.365. The molecular formula is C23H43N3O6. The molecule has 2 heterocycles. The lowest BCUT2D eigenvalue weighted by Crippen LogP contribution is -2.51. The van der Waals surface area contributed by atoms with Crippen molar-refractivity contribution >= 4 is 11.8 Å². The van der Waals surface area contributed by atoms with Gasteiger partial charge in [-0.3, -0.25) is 9.59 Å². The molecule has 2 saturated heterocycles. The fourth-order valence-corrected chi connectivity index (χ4v) is 4.06. The van der Waals surface area contributed by atoms with Gasteiger partial charge in [0.25, 0.3) is 0 Å². The summed E-state index contributed by atoms with van der Waals surface area (Å²) in [4.78, 5) is 28.8. The lowest BCUT2D eigenvalue weighted by Gasteiger charge is -2.34. The number of amides is 2. The van der Waals surface area contributed by atoms with Gasteiger partial charge < -0.3 is 34.8 Å². The fraction of sp³-hybridized carbons (Fsp3) is 0.913. The van der Waals surface area contributed by atoms with Gasteiger partial charge in [0.1, 0.15) is 18.3 Å². The minimum Gasteiger partial charge on any atom is -0.388 e. The fourth-order valence-electron chi connectivity index (χ4n) is 4.06. The van der Waals surface area contributed by atoms with Crippen molar-refractivity contribution in [2.24, 2.45) is 5.92 Å². The molecule has 2 aliphatic heterocycles. The first-order valence-corrected chi connectivity index (χ1v) is 12.1. The maximum absolute atomic E-state index is 13.0. The standard InChI is InChI=1S/C23H43N3O6/c1-17(2)8-14-32-21-15-26(18(3)27)12-11-25(23(30)19-7-6-9-24-19)10-4-5-13-31-16-20(28)22(21)29/h17,19-22,24,28-29H,4-16H2,1-3H3/t19-,20+,21+,22+/m0/s1. The van der Waals surface area contributed by atoms with Crippen molar-refractivity contribution in [1.29, 1.82) is 0 Å². The van der Waals surface area contributed by atoms with Crippen LogP contribution >= 0.6 is 0 Å². The number of nitrogens with zero attached hydrogens (tertiary/aromatic N) is 2. The molecule has 0 unspecified atom stereocenters. The second-order valence-electron chi connectivity index (χ2n) is 9.37. The van der Waals surface area contributed by atoms with Crippen LogP contribution in [0.4, 0.5) is 0 Å². The molecular weight excluding hydrogens is 414 g/mol. The number of nitrogens with one attached hydrogen (secondary N) is 1. The summed E-state index contributed by atoms with van der Waals surface area (Å²) in [6, 6.07) is -0.153. The van der Waals surface area contributed by atoms with Crippen LogP contribution in [-0.4, -0.2) is 109 Å². The van der Waals surface area contributed by atoms with Crippen molar-refractivity contribution in [3.63, 3.8) is 0 Å². The Morgan fingerprint density at radius 2 is 1.88 bits per heavy atom. The van der Waals surface area contributed by atoms with Crippen LogP contribution < -0.4 is 5.32 Å². The average Bonchev–Trinajstić information content (AvgIpc) is 3.28. The van der Waals surface area contributed by atoms with Gasteiger partial charge in [-0.1, -0.05) is 13.8 Å². The highest BCUT2D eigenvalue weighted by molar-refractivity contribution is 5.82. The van der Waals surface area contributed by atoms with Gasteiger partial charge in [-0.05, 0) is 44.6 Å². The molecule has 0 saturated carbocycles. The first kappa shape index (κ1) is 27.0. The largest absolute Gasteiger partial charge is 0.388 e. The molecule has 0 radical (unpaired) electrons. The van der Waals surface area contributed by atoms with Gasteiger partial charge >= 0.3 is 0 Å². The molecule has 9 nitrogen and oxygen atoms in total. The number of hydrogen-bond donors (Lipinski definition) is 3. The number of rotatable bonds is 5. The Labute approximate surface area is 192 Å². The average molecular weight is 458 g/mol. The van der Waals surface area contributed by atoms with Crippen LogP contribution in [-0.2, 0) is 19.1 Å². The molecule has 2 rings (SSSR count). The highest BCUT2D eigenvalue weighted by Crippen LogP contribution is 2.14. The van der Waals surface area contributed by atoms with E-state index >= 15 is 0 Å². The highest BCUT2D eigenvalue weighted by atomic mass is 16.5. The third kappa shape index (κ3) is 8.94. The Bertz CT molecular complexity index is 570. The summed E-state index contributed by atoms with van der Waals surface area (Å²) in [7, 11) is 0. The molecule has 0 aliphatic carbocycles. The Balaban J connectivity index is 2.11. The van der Waals surface area contributed by atoms with E-state index in [4.69, 9.17) is 9.47 Å². The summed E-state index contributed by atoms with van der Waals surface area (Å²) >= 11 is 0. The maximum atomic E-state index is 13.0. The predicted molar refractivity (Wildman–Crippen MR) is 121 cm³/mol. The van der Waals surface area contributed by atoms with Gasteiger partial charge in [0.2, 0.25) is 11.8 Å². The van der Waals surface area contributed by atoms with E-state index in [1.54, 1.807) is 4.90 Å². The number of ether oxygens (including phenoxy) is 2. The number of carbonyl (C=O) groups excluding carboxylic acids is 2. The molecule has 0 bridgehead atoms. The zero-order valence-electron chi connectivity index (χ0n) is 20.0. The minimum absolute atomic E-state index is 0.0000818. The van der Waals surface area contributed by atoms with E-state index in [9.17, 15) is 19.8 Å². The van der Waals surface area contributed by atoms with E-state index in [1.807, 2.05) is 4.90 Å².